The van der Waals surface area contributed by atoms with Gasteiger partial charge in [-0.2, -0.15) is 0 Å². The van der Waals surface area contributed by atoms with Gasteiger partial charge in [0.05, 0.1) is 12.0 Å². The molecule has 0 bridgehead atoms. The highest BCUT2D eigenvalue weighted by Gasteiger charge is 2.46. The van der Waals surface area contributed by atoms with E-state index in [-0.39, 0.29) is 18.5 Å². The van der Waals surface area contributed by atoms with Gasteiger partial charge in [-0.15, -0.1) is 0 Å². The Hall–Kier alpha value is -2.60. The van der Waals surface area contributed by atoms with Gasteiger partial charge in [-0.3, -0.25) is 9.69 Å². The average molecular weight is 343 g/mol. The molecule has 3 atom stereocenters. The van der Waals surface area contributed by atoms with Gasteiger partial charge in [0, 0.05) is 18.0 Å². The number of likely N-dealkylation sites (N-methyl/N-ethyl adjacent to an activating group) is 1. The second kappa shape index (κ2) is 6.04. The number of carbonyl (C=O) groups is 1. The minimum Gasteiger partial charge on any atom is -0.481 e. The lowest BCUT2D eigenvalue weighted by molar-refractivity contribution is -0.143. The SMILES string of the molecule is CN1CC(c2ccc3c(c2)OCO3)C(C(=O)O)C1c1ccccc1F. The summed E-state index contributed by atoms with van der Waals surface area (Å²) in [5.74, 6) is -1.03. The van der Waals surface area contributed by atoms with Gasteiger partial charge >= 0.3 is 5.97 Å². The van der Waals surface area contributed by atoms with Crippen molar-refractivity contribution >= 4 is 5.97 Å². The summed E-state index contributed by atoms with van der Waals surface area (Å²) in [4.78, 5) is 14.0. The van der Waals surface area contributed by atoms with E-state index in [0.29, 0.717) is 23.6 Å². The van der Waals surface area contributed by atoms with Crippen LogP contribution in [-0.4, -0.2) is 36.4 Å². The number of nitrogens with zero attached hydrogens (tertiary/aromatic N) is 1. The van der Waals surface area contributed by atoms with E-state index >= 15 is 0 Å². The van der Waals surface area contributed by atoms with Crippen molar-refractivity contribution in [2.75, 3.05) is 20.4 Å². The van der Waals surface area contributed by atoms with Gasteiger partial charge in [0.1, 0.15) is 5.82 Å². The van der Waals surface area contributed by atoms with Crippen LogP contribution >= 0.6 is 0 Å². The third-order valence-electron chi connectivity index (χ3n) is 5.07. The molecule has 2 aliphatic heterocycles. The van der Waals surface area contributed by atoms with Gasteiger partial charge in [0.2, 0.25) is 6.79 Å². The van der Waals surface area contributed by atoms with Crippen molar-refractivity contribution in [1.29, 1.82) is 0 Å². The van der Waals surface area contributed by atoms with Crippen LogP contribution in [0.2, 0.25) is 0 Å². The molecule has 1 saturated heterocycles. The number of hydrogen-bond acceptors (Lipinski definition) is 4. The highest BCUT2D eigenvalue weighted by atomic mass is 19.1. The Bertz CT molecular complexity index is 825. The lowest BCUT2D eigenvalue weighted by atomic mass is 9.82. The zero-order chi connectivity index (χ0) is 17.6. The molecule has 1 N–H and O–H groups in total. The molecule has 1 fully saturated rings. The molecular formula is C19H18FNO4. The number of rotatable bonds is 3. The van der Waals surface area contributed by atoms with E-state index in [1.54, 1.807) is 24.3 Å². The minimum absolute atomic E-state index is 0.170. The van der Waals surface area contributed by atoms with Crippen molar-refractivity contribution in [3.05, 3.63) is 59.4 Å². The zero-order valence-electron chi connectivity index (χ0n) is 13.7. The molecule has 0 amide bonds. The average Bonchev–Trinajstić information content (AvgIpc) is 3.18. The first-order valence-electron chi connectivity index (χ1n) is 8.13. The summed E-state index contributed by atoms with van der Waals surface area (Å²) >= 11 is 0. The van der Waals surface area contributed by atoms with E-state index in [2.05, 4.69) is 0 Å². The van der Waals surface area contributed by atoms with Crippen LogP contribution in [0.15, 0.2) is 42.5 Å². The minimum atomic E-state index is -0.930. The number of carboxylic acid groups (broad SMARTS) is 1. The van der Waals surface area contributed by atoms with Crippen LogP contribution in [0.1, 0.15) is 23.1 Å². The molecule has 0 aliphatic carbocycles. The number of hydrogen-bond donors (Lipinski definition) is 1. The fourth-order valence-electron chi connectivity index (χ4n) is 3.94. The summed E-state index contributed by atoms with van der Waals surface area (Å²) in [6.07, 6.45) is 0. The Morgan fingerprint density at radius 1 is 1.20 bits per heavy atom. The molecule has 2 heterocycles. The normalized spacial score (nSPS) is 25.3. The largest absolute Gasteiger partial charge is 0.481 e. The molecule has 130 valence electrons. The van der Waals surface area contributed by atoms with Crippen LogP contribution in [0.4, 0.5) is 4.39 Å². The van der Waals surface area contributed by atoms with Gasteiger partial charge in [0.15, 0.2) is 11.5 Å². The molecule has 3 unspecified atom stereocenters. The highest BCUT2D eigenvalue weighted by Crippen LogP contribution is 2.47. The number of fused-ring (bicyclic) bond motifs is 1. The van der Waals surface area contributed by atoms with Gasteiger partial charge in [-0.1, -0.05) is 24.3 Å². The van der Waals surface area contributed by atoms with E-state index in [1.165, 1.54) is 6.07 Å². The maximum Gasteiger partial charge on any atom is 0.309 e. The molecule has 0 spiro atoms. The van der Waals surface area contributed by atoms with Gasteiger partial charge < -0.3 is 14.6 Å². The predicted octanol–water partition coefficient (Wildman–Crippen LogP) is 3.03. The third-order valence-corrected chi connectivity index (χ3v) is 5.07. The number of carboxylic acids is 1. The predicted molar refractivity (Wildman–Crippen MR) is 88.2 cm³/mol. The maximum atomic E-state index is 14.3. The molecule has 2 aromatic carbocycles. The quantitative estimate of drug-likeness (QED) is 0.928. The van der Waals surface area contributed by atoms with Crippen LogP contribution in [0.25, 0.3) is 0 Å². The summed E-state index contributed by atoms with van der Waals surface area (Å²) in [5.41, 5.74) is 1.28. The summed E-state index contributed by atoms with van der Waals surface area (Å²) in [6.45, 7) is 0.694. The first kappa shape index (κ1) is 15.9. The van der Waals surface area contributed by atoms with Gasteiger partial charge in [0.25, 0.3) is 0 Å². The van der Waals surface area contributed by atoms with Gasteiger partial charge in [-0.25, -0.2) is 4.39 Å². The van der Waals surface area contributed by atoms with Crippen LogP contribution in [-0.2, 0) is 4.79 Å². The van der Waals surface area contributed by atoms with Crippen molar-refractivity contribution in [2.24, 2.45) is 5.92 Å². The molecule has 4 rings (SSSR count). The Kier molecular flexibility index (Phi) is 3.84. The lowest BCUT2D eigenvalue weighted by Crippen LogP contribution is -2.27. The molecule has 0 radical (unpaired) electrons. The van der Waals surface area contributed by atoms with E-state index in [9.17, 15) is 14.3 Å². The van der Waals surface area contributed by atoms with Crippen molar-refractivity contribution in [2.45, 2.75) is 12.0 Å². The lowest BCUT2D eigenvalue weighted by Gasteiger charge is -2.24. The Morgan fingerprint density at radius 3 is 2.72 bits per heavy atom. The van der Waals surface area contributed by atoms with Crippen molar-refractivity contribution in [3.63, 3.8) is 0 Å². The standard InChI is InChI=1S/C19H18FNO4/c1-21-9-13(11-6-7-15-16(8-11)25-10-24-15)17(19(22)23)18(21)12-4-2-3-5-14(12)20/h2-8,13,17-18H,9-10H2,1H3,(H,22,23). The van der Waals surface area contributed by atoms with Crippen molar-refractivity contribution < 1.29 is 23.8 Å². The summed E-state index contributed by atoms with van der Waals surface area (Å²) < 4.78 is 25.0. The maximum absolute atomic E-state index is 14.3. The van der Waals surface area contributed by atoms with E-state index in [4.69, 9.17) is 9.47 Å². The Labute approximate surface area is 144 Å². The second-order valence-electron chi connectivity index (χ2n) is 6.49. The highest BCUT2D eigenvalue weighted by molar-refractivity contribution is 5.73. The molecular weight excluding hydrogens is 325 g/mol. The Balaban J connectivity index is 1.74. The third kappa shape index (κ3) is 2.62. The Morgan fingerprint density at radius 2 is 1.96 bits per heavy atom. The van der Waals surface area contributed by atoms with Gasteiger partial charge in [-0.05, 0) is 30.8 Å². The first-order chi connectivity index (χ1) is 12.1. The van der Waals surface area contributed by atoms with Crippen molar-refractivity contribution in [3.8, 4) is 11.5 Å². The zero-order valence-corrected chi connectivity index (χ0v) is 13.7. The first-order valence-corrected chi connectivity index (χ1v) is 8.13. The fourth-order valence-corrected chi connectivity index (χ4v) is 3.94. The smallest absolute Gasteiger partial charge is 0.309 e. The second-order valence-corrected chi connectivity index (χ2v) is 6.49. The number of benzene rings is 2. The fraction of sp³-hybridized carbons (Fsp3) is 0.316. The molecule has 0 saturated carbocycles. The summed E-state index contributed by atoms with van der Waals surface area (Å²) in [5, 5.41) is 9.87. The molecule has 25 heavy (non-hydrogen) atoms. The monoisotopic (exact) mass is 343 g/mol. The molecule has 6 heteroatoms. The topological polar surface area (TPSA) is 59.0 Å². The number of ether oxygens (including phenoxy) is 2. The van der Waals surface area contributed by atoms with Crippen LogP contribution < -0.4 is 9.47 Å². The summed E-state index contributed by atoms with van der Waals surface area (Å²) in [6, 6.07) is 11.4. The molecule has 2 aromatic rings. The number of likely N-dealkylation sites (tertiary alicyclic amines) is 1. The van der Waals surface area contributed by atoms with Crippen LogP contribution in [0, 0.1) is 11.7 Å². The molecule has 2 aliphatic rings. The van der Waals surface area contributed by atoms with Crippen molar-refractivity contribution in [1.82, 2.24) is 4.90 Å². The molecule has 5 nitrogen and oxygen atoms in total. The van der Waals surface area contributed by atoms with Crippen LogP contribution in [0.3, 0.4) is 0 Å². The van der Waals surface area contributed by atoms with E-state index in [0.717, 1.165) is 5.56 Å². The number of halogens is 1. The van der Waals surface area contributed by atoms with E-state index < -0.39 is 17.9 Å². The summed E-state index contributed by atoms with van der Waals surface area (Å²) in [7, 11) is 1.83. The molecule has 0 aromatic heterocycles. The van der Waals surface area contributed by atoms with E-state index in [1.807, 2.05) is 24.1 Å². The van der Waals surface area contributed by atoms with Crippen LogP contribution in [0.5, 0.6) is 11.5 Å². The number of aliphatic carboxylic acids is 1.